The molecule has 0 spiro atoms. The van der Waals surface area contributed by atoms with E-state index in [2.05, 4.69) is 31.6 Å². The molecule has 0 aliphatic carbocycles. The molecule has 0 saturated carbocycles. The summed E-state index contributed by atoms with van der Waals surface area (Å²) in [6, 6.07) is 9.43. The average Bonchev–Trinajstić information content (AvgIpc) is 2.73. The van der Waals surface area contributed by atoms with Crippen LogP contribution in [0, 0.1) is 12.7 Å². The topological polar surface area (TPSA) is 52.6 Å². The molecular formula is C22H31FIN5. The van der Waals surface area contributed by atoms with Gasteiger partial charge in [-0.2, -0.15) is 0 Å². The molecule has 1 fully saturated rings. The number of aromatic nitrogens is 1. The fraction of sp³-hybridized carbons (Fsp3) is 0.455. The smallest absolute Gasteiger partial charge is 0.191 e. The summed E-state index contributed by atoms with van der Waals surface area (Å²) in [6.45, 7) is 6.58. The standard InChI is InChI=1S/C22H30FN5.HI/c1-16-7-8-19(14-20(16)23)17(2)27-22(24-3)26-15-18-9-10-25-21(13-18)28-11-5-4-6-12-28;/h7-10,13-14,17H,4-6,11-12,15H2,1-3H3,(H2,24,26,27);1H. The van der Waals surface area contributed by atoms with Crippen molar-refractivity contribution in [2.75, 3.05) is 25.0 Å². The van der Waals surface area contributed by atoms with E-state index in [0.29, 0.717) is 18.1 Å². The lowest BCUT2D eigenvalue weighted by atomic mass is 10.1. The van der Waals surface area contributed by atoms with Gasteiger partial charge in [0.2, 0.25) is 0 Å². The second-order valence-electron chi connectivity index (χ2n) is 7.37. The van der Waals surface area contributed by atoms with Gasteiger partial charge in [0.1, 0.15) is 11.6 Å². The second kappa shape index (κ2) is 11.3. The highest BCUT2D eigenvalue weighted by atomic mass is 127. The van der Waals surface area contributed by atoms with Crippen molar-refractivity contribution < 1.29 is 4.39 Å². The van der Waals surface area contributed by atoms with Crippen LogP contribution in [-0.4, -0.2) is 31.1 Å². The molecule has 158 valence electrons. The Balaban J connectivity index is 0.00000300. The molecule has 0 amide bonds. The summed E-state index contributed by atoms with van der Waals surface area (Å²) in [5.41, 5.74) is 2.70. The zero-order valence-corrected chi connectivity index (χ0v) is 19.7. The third kappa shape index (κ3) is 6.55. The number of pyridine rings is 1. The molecule has 1 aliphatic rings. The molecule has 2 heterocycles. The molecule has 2 aromatic rings. The molecule has 7 heteroatoms. The van der Waals surface area contributed by atoms with Gasteiger partial charge in [-0.25, -0.2) is 9.37 Å². The lowest BCUT2D eigenvalue weighted by Crippen LogP contribution is -2.38. The zero-order chi connectivity index (χ0) is 19.9. The number of benzene rings is 1. The SMILES string of the molecule is CN=C(NCc1ccnc(N2CCCCC2)c1)NC(C)c1ccc(C)c(F)c1.I. The van der Waals surface area contributed by atoms with Crippen LogP contribution < -0.4 is 15.5 Å². The number of nitrogens with one attached hydrogen (secondary N) is 2. The molecule has 1 aromatic carbocycles. The van der Waals surface area contributed by atoms with Crippen molar-refractivity contribution >= 4 is 35.8 Å². The number of anilines is 1. The Morgan fingerprint density at radius 1 is 1.21 bits per heavy atom. The van der Waals surface area contributed by atoms with Crippen LogP contribution in [0.3, 0.4) is 0 Å². The van der Waals surface area contributed by atoms with Gasteiger partial charge in [0.15, 0.2) is 5.96 Å². The molecule has 5 nitrogen and oxygen atoms in total. The number of halogens is 2. The highest BCUT2D eigenvalue weighted by molar-refractivity contribution is 14.0. The van der Waals surface area contributed by atoms with Crippen molar-refractivity contribution in [1.29, 1.82) is 0 Å². The fourth-order valence-corrected chi connectivity index (χ4v) is 3.41. The predicted molar refractivity (Wildman–Crippen MR) is 129 cm³/mol. The summed E-state index contributed by atoms with van der Waals surface area (Å²) in [4.78, 5) is 11.2. The second-order valence-corrected chi connectivity index (χ2v) is 7.37. The summed E-state index contributed by atoms with van der Waals surface area (Å²) < 4.78 is 13.8. The summed E-state index contributed by atoms with van der Waals surface area (Å²) in [7, 11) is 1.74. The van der Waals surface area contributed by atoms with Gasteiger partial charge in [-0.05, 0) is 68.0 Å². The van der Waals surface area contributed by atoms with Gasteiger partial charge in [0.25, 0.3) is 0 Å². The van der Waals surface area contributed by atoms with Crippen molar-refractivity contribution in [2.24, 2.45) is 4.99 Å². The molecule has 1 unspecified atom stereocenters. The third-order valence-corrected chi connectivity index (χ3v) is 5.22. The number of aliphatic imine (C=N–C) groups is 1. The Kier molecular flexibility index (Phi) is 9.13. The van der Waals surface area contributed by atoms with E-state index in [-0.39, 0.29) is 35.8 Å². The summed E-state index contributed by atoms with van der Waals surface area (Å²) in [5.74, 6) is 1.55. The number of nitrogens with zero attached hydrogens (tertiary/aromatic N) is 3. The Morgan fingerprint density at radius 3 is 2.66 bits per heavy atom. The lowest BCUT2D eigenvalue weighted by molar-refractivity contribution is 0.573. The minimum Gasteiger partial charge on any atom is -0.357 e. The molecular weight excluding hydrogens is 480 g/mol. The first-order chi connectivity index (χ1) is 13.6. The van der Waals surface area contributed by atoms with E-state index in [1.165, 1.54) is 19.3 Å². The van der Waals surface area contributed by atoms with Crippen molar-refractivity contribution in [3.63, 3.8) is 0 Å². The largest absolute Gasteiger partial charge is 0.357 e. The molecule has 2 N–H and O–H groups in total. The van der Waals surface area contributed by atoms with Crippen LogP contribution in [0.25, 0.3) is 0 Å². The van der Waals surface area contributed by atoms with Crippen LogP contribution in [0.2, 0.25) is 0 Å². The van der Waals surface area contributed by atoms with E-state index in [9.17, 15) is 4.39 Å². The molecule has 0 bridgehead atoms. The highest BCUT2D eigenvalue weighted by Gasteiger charge is 2.13. The van der Waals surface area contributed by atoms with Gasteiger partial charge in [-0.1, -0.05) is 12.1 Å². The van der Waals surface area contributed by atoms with Crippen LogP contribution in [0.4, 0.5) is 10.2 Å². The van der Waals surface area contributed by atoms with Crippen LogP contribution >= 0.6 is 24.0 Å². The molecule has 1 aromatic heterocycles. The van der Waals surface area contributed by atoms with Gasteiger partial charge in [-0.15, -0.1) is 24.0 Å². The number of rotatable bonds is 5. The lowest BCUT2D eigenvalue weighted by Gasteiger charge is -2.28. The molecule has 1 atom stereocenters. The van der Waals surface area contributed by atoms with Gasteiger partial charge in [-0.3, -0.25) is 4.99 Å². The van der Waals surface area contributed by atoms with Gasteiger partial charge >= 0.3 is 0 Å². The minimum atomic E-state index is -0.184. The maximum absolute atomic E-state index is 13.8. The number of hydrogen-bond acceptors (Lipinski definition) is 3. The summed E-state index contributed by atoms with van der Waals surface area (Å²) in [5, 5.41) is 6.67. The molecule has 1 saturated heterocycles. The monoisotopic (exact) mass is 511 g/mol. The number of aryl methyl sites for hydroxylation is 1. The highest BCUT2D eigenvalue weighted by Crippen LogP contribution is 2.19. The maximum atomic E-state index is 13.8. The van der Waals surface area contributed by atoms with Gasteiger partial charge in [0.05, 0.1) is 6.04 Å². The molecule has 3 rings (SSSR count). The van der Waals surface area contributed by atoms with Crippen molar-refractivity contribution in [3.05, 3.63) is 59.0 Å². The first-order valence-corrected chi connectivity index (χ1v) is 10.00. The normalized spacial score (nSPS) is 15.4. The Bertz CT molecular complexity index is 821. The van der Waals surface area contributed by atoms with Crippen molar-refractivity contribution in [3.8, 4) is 0 Å². The van der Waals surface area contributed by atoms with Crippen molar-refractivity contribution in [2.45, 2.75) is 45.7 Å². The molecule has 29 heavy (non-hydrogen) atoms. The molecule has 1 aliphatic heterocycles. The first-order valence-electron chi connectivity index (χ1n) is 10.00. The third-order valence-electron chi connectivity index (χ3n) is 5.22. The minimum absolute atomic E-state index is 0. The van der Waals surface area contributed by atoms with E-state index in [1.54, 1.807) is 26.1 Å². The van der Waals surface area contributed by atoms with Gasteiger partial charge in [0, 0.05) is 32.9 Å². The summed E-state index contributed by atoms with van der Waals surface area (Å²) in [6.07, 6.45) is 5.65. The average molecular weight is 511 g/mol. The first kappa shape index (κ1) is 23.4. The quantitative estimate of drug-likeness (QED) is 0.351. The van der Waals surface area contributed by atoms with E-state index in [0.717, 1.165) is 30.0 Å². The van der Waals surface area contributed by atoms with E-state index in [1.807, 2.05) is 25.3 Å². The fourth-order valence-electron chi connectivity index (χ4n) is 3.41. The van der Waals surface area contributed by atoms with E-state index >= 15 is 0 Å². The Labute approximate surface area is 190 Å². The van der Waals surface area contributed by atoms with E-state index in [4.69, 9.17) is 0 Å². The number of piperidine rings is 1. The predicted octanol–water partition coefficient (Wildman–Crippen LogP) is 4.56. The van der Waals surface area contributed by atoms with Crippen LogP contribution in [0.15, 0.2) is 41.5 Å². The number of hydrogen-bond donors (Lipinski definition) is 2. The maximum Gasteiger partial charge on any atom is 0.191 e. The summed E-state index contributed by atoms with van der Waals surface area (Å²) >= 11 is 0. The van der Waals surface area contributed by atoms with Crippen LogP contribution in [-0.2, 0) is 6.54 Å². The molecule has 0 radical (unpaired) electrons. The van der Waals surface area contributed by atoms with Gasteiger partial charge < -0.3 is 15.5 Å². The Hall–Kier alpha value is -1.90. The van der Waals surface area contributed by atoms with Crippen LogP contribution in [0.1, 0.15) is 48.9 Å². The number of guanidine groups is 1. The zero-order valence-electron chi connectivity index (χ0n) is 17.4. The Morgan fingerprint density at radius 2 is 1.97 bits per heavy atom. The van der Waals surface area contributed by atoms with E-state index < -0.39 is 0 Å². The van der Waals surface area contributed by atoms with Crippen LogP contribution in [0.5, 0.6) is 0 Å². The van der Waals surface area contributed by atoms with Crippen molar-refractivity contribution in [1.82, 2.24) is 15.6 Å².